The maximum atomic E-state index is 11.8. The molecule has 2 atom stereocenters. The maximum Gasteiger partial charge on any atom is 0.249 e. The van der Waals surface area contributed by atoms with Crippen molar-refractivity contribution in [2.75, 3.05) is 13.1 Å². The van der Waals surface area contributed by atoms with Gasteiger partial charge in [-0.1, -0.05) is 27.2 Å². The fraction of sp³-hybridized carbons (Fsp3) is 0.929. The molecular weight excluding hydrogens is 228 g/mol. The Hall–Kier alpha value is -0.610. The highest BCUT2D eigenvalue weighted by molar-refractivity contribution is 5.80. The maximum absolute atomic E-state index is 11.8. The zero-order chi connectivity index (χ0) is 13.6. The van der Waals surface area contributed by atoms with E-state index in [1.54, 1.807) is 0 Å². The summed E-state index contributed by atoms with van der Waals surface area (Å²) in [6.07, 6.45) is 4.88. The first kappa shape index (κ1) is 15.4. The Morgan fingerprint density at radius 2 is 2.06 bits per heavy atom. The van der Waals surface area contributed by atoms with Gasteiger partial charge in [-0.15, -0.1) is 0 Å². The van der Waals surface area contributed by atoms with E-state index in [0.29, 0.717) is 12.0 Å². The summed E-state index contributed by atoms with van der Waals surface area (Å²) in [7, 11) is 0. The normalized spacial score (nSPS) is 24.2. The monoisotopic (exact) mass is 256 g/mol. The molecule has 3 N–H and O–H groups in total. The third kappa shape index (κ3) is 5.83. The Kier molecular flexibility index (Phi) is 6.09. The highest BCUT2D eigenvalue weighted by Gasteiger charge is 2.29. The molecule has 4 heteroatoms. The standard InChI is InChI=1S/C14H28N2O2/c1-14(2,3)8-4-5-9-16-13(17)12-7-6-11(10-15)18-12/h11-12H,4-10,15H2,1-3H3,(H,16,17)/t11-,12+/m1/s1. The van der Waals surface area contributed by atoms with Gasteiger partial charge < -0.3 is 15.8 Å². The van der Waals surface area contributed by atoms with E-state index in [1.807, 2.05) is 0 Å². The fourth-order valence-electron chi connectivity index (χ4n) is 2.18. The minimum atomic E-state index is -0.277. The van der Waals surface area contributed by atoms with Crippen LogP contribution in [-0.4, -0.2) is 31.2 Å². The van der Waals surface area contributed by atoms with Gasteiger partial charge in [0.2, 0.25) is 5.91 Å². The molecule has 0 spiro atoms. The van der Waals surface area contributed by atoms with E-state index in [9.17, 15) is 4.79 Å². The van der Waals surface area contributed by atoms with Gasteiger partial charge in [0.05, 0.1) is 6.10 Å². The van der Waals surface area contributed by atoms with Crippen LogP contribution in [0, 0.1) is 5.41 Å². The lowest BCUT2D eigenvalue weighted by Crippen LogP contribution is -2.36. The van der Waals surface area contributed by atoms with Gasteiger partial charge in [0, 0.05) is 13.1 Å². The Balaban J connectivity index is 2.07. The van der Waals surface area contributed by atoms with Gasteiger partial charge in [-0.2, -0.15) is 0 Å². The number of amides is 1. The number of hydrogen-bond acceptors (Lipinski definition) is 3. The van der Waals surface area contributed by atoms with E-state index in [0.717, 1.165) is 32.2 Å². The molecule has 1 amide bonds. The van der Waals surface area contributed by atoms with Crippen molar-refractivity contribution in [3.63, 3.8) is 0 Å². The molecule has 4 nitrogen and oxygen atoms in total. The summed E-state index contributed by atoms with van der Waals surface area (Å²) in [4.78, 5) is 11.8. The molecule has 0 bridgehead atoms. The van der Waals surface area contributed by atoms with Gasteiger partial charge in [-0.25, -0.2) is 0 Å². The first-order chi connectivity index (χ1) is 8.42. The van der Waals surface area contributed by atoms with Crippen LogP contribution in [0.3, 0.4) is 0 Å². The van der Waals surface area contributed by atoms with Gasteiger partial charge in [0.15, 0.2) is 0 Å². The van der Waals surface area contributed by atoms with Crippen LogP contribution in [0.15, 0.2) is 0 Å². The molecular formula is C14H28N2O2. The molecule has 0 radical (unpaired) electrons. The van der Waals surface area contributed by atoms with Gasteiger partial charge in [-0.05, 0) is 31.1 Å². The summed E-state index contributed by atoms with van der Waals surface area (Å²) < 4.78 is 5.55. The van der Waals surface area contributed by atoms with Gasteiger partial charge in [-0.3, -0.25) is 4.79 Å². The highest BCUT2D eigenvalue weighted by atomic mass is 16.5. The van der Waals surface area contributed by atoms with E-state index in [1.165, 1.54) is 6.42 Å². The highest BCUT2D eigenvalue weighted by Crippen LogP contribution is 2.21. The molecule has 1 aliphatic rings. The minimum absolute atomic E-state index is 0.0294. The number of unbranched alkanes of at least 4 members (excludes halogenated alkanes) is 1. The number of nitrogens with one attached hydrogen (secondary N) is 1. The van der Waals surface area contributed by atoms with Crippen LogP contribution in [0.25, 0.3) is 0 Å². The zero-order valence-corrected chi connectivity index (χ0v) is 12.0. The molecule has 1 aliphatic heterocycles. The molecule has 0 aromatic rings. The topological polar surface area (TPSA) is 64.4 Å². The van der Waals surface area contributed by atoms with Crippen LogP contribution in [0.2, 0.25) is 0 Å². The Labute approximate surface area is 111 Å². The number of nitrogens with two attached hydrogens (primary N) is 1. The molecule has 0 unspecified atom stereocenters. The molecule has 1 saturated heterocycles. The van der Waals surface area contributed by atoms with E-state index >= 15 is 0 Å². The number of ether oxygens (including phenoxy) is 1. The summed E-state index contributed by atoms with van der Waals surface area (Å²) in [5.41, 5.74) is 5.90. The predicted octanol–water partition coefficient (Wildman–Crippen LogP) is 1.83. The van der Waals surface area contributed by atoms with Crippen molar-refractivity contribution in [2.45, 2.75) is 65.1 Å². The lowest BCUT2D eigenvalue weighted by molar-refractivity contribution is -0.131. The third-order valence-electron chi connectivity index (χ3n) is 3.32. The quantitative estimate of drug-likeness (QED) is 0.713. The molecule has 0 aliphatic carbocycles. The van der Waals surface area contributed by atoms with Crippen molar-refractivity contribution in [2.24, 2.45) is 11.1 Å². The van der Waals surface area contributed by atoms with E-state index in [4.69, 9.17) is 10.5 Å². The first-order valence-electron chi connectivity index (χ1n) is 7.05. The van der Waals surface area contributed by atoms with Crippen LogP contribution in [-0.2, 0) is 9.53 Å². The number of carbonyl (C=O) groups excluding carboxylic acids is 1. The lowest BCUT2D eigenvalue weighted by Gasteiger charge is -2.18. The summed E-state index contributed by atoms with van der Waals surface area (Å²) in [6, 6.07) is 0. The molecule has 1 rings (SSSR count). The summed E-state index contributed by atoms with van der Waals surface area (Å²) in [5.74, 6) is 0.0294. The van der Waals surface area contributed by atoms with Crippen LogP contribution >= 0.6 is 0 Å². The smallest absolute Gasteiger partial charge is 0.249 e. The summed E-state index contributed by atoms with van der Waals surface area (Å²) in [6.45, 7) is 7.98. The molecule has 106 valence electrons. The van der Waals surface area contributed by atoms with Crippen molar-refractivity contribution >= 4 is 5.91 Å². The predicted molar refractivity (Wildman–Crippen MR) is 73.3 cm³/mol. The van der Waals surface area contributed by atoms with Crippen LogP contribution in [0.1, 0.15) is 52.9 Å². The van der Waals surface area contributed by atoms with Gasteiger partial charge in [0.1, 0.15) is 6.10 Å². The van der Waals surface area contributed by atoms with Crippen LogP contribution in [0.4, 0.5) is 0 Å². The number of hydrogen-bond donors (Lipinski definition) is 2. The molecule has 1 heterocycles. The van der Waals surface area contributed by atoms with E-state index < -0.39 is 0 Å². The lowest BCUT2D eigenvalue weighted by atomic mass is 9.90. The number of carbonyl (C=O) groups is 1. The summed E-state index contributed by atoms with van der Waals surface area (Å²) in [5, 5.41) is 2.95. The van der Waals surface area contributed by atoms with Gasteiger partial charge >= 0.3 is 0 Å². The van der Waals surface area contributed by atoms with Crippen LogP contribution < -0.4 is 11.1 Å². The fourth-order valence-corrected chi connectivity index (χ4v) is 2.18. The van der Waals surface area contributed by atoms with Crippen molar-refractivity contribution in [3.8, 4) is 0 Å². The SMILES string of the molecule is CC(C)(C)CCCCNC(=O)[C@@H]1CC[C@H](CN)O1. The van der Waals surface area contributed by atoms with Crippen molar-refractivity contribution in [1.82, 2.24) is 5.32 Å². The minimum Gasteiger partial charge on any atom is -0.364 e. The average Bonchev–Trinajstić information content (AvgIpc) is 2.75. The van der Waals surface area contributed by atoms with Crippen molar-refractivity contribution < 1.29 is 9.53 Å². The second-order valence-corrected chi connectivity index (χ2v) is 6.37. The van der Waals surface area contributed by atoms with E-state index in [-0.39, 0.29) is 18.1 Å². The zero-order valence-electron chi connectivity index (χ0n) is 12.0. The summed E-state index contributed by atoms with van der Waals surface area (Å²) >= 11 is 0. The Bertz CT molecular complexity index is 261. The molecule has 1 fully saturated rings. The Morgan fingerprint density at radius 3 is 2.61 bits per heavy atom. The Morgan fingerprint density at radius 1 is 1.33 bits per heavy atom. The molecule has 0 aromatic heterocycles. The van der Waals surface area contributed by atoms with Crippen molar-refractivity contribution in [3.05, 3.63) is 0 Å². The second-order valence-electron chi connectivity index (χ2n) is 6.37. The molecule has 0 saturated carbocycles. The van der Waals surface area contributed by atoms with Gasteiger partial charge in [0.25, 0.3) is 0 Å². The van der Waals surface area contributed by atoms with Crippen LogP contribution in [0.5, 0.6) is 0 Å². The number of rotatable bonds is 6. The largest absolute Gasteiger partial charge is 0.364 e. The second kappa shape index (κ2) is 7.10. The molecule has 0 aromatic carbocycles. The van der Waals surface area contributed by atoms with E-state index in [2.05, 4.69) is 26.1 Å². The third-order valence-corrected chi connectivity index (χ3v) is 3.32. The first-order valence-corrected chi connectivity index (χ1v) is 7.05. The average molecular weight is 256 g/mol. The van der Waals surface area contributed by atoms with Crippen molar-refractivity contribution in [1.29, 1.82) is 0 Å². The molecule has 18 heavy (non-hydrogen) atoms.